The Bertz CT molecular complexity index is 618. The first-order valence-electron chi connectivity index (χ1n) is 6.64. The Kier molecular flexibility index (Phi) is 4.49. The average molecular weight is 335 g/mol. The Hall–Kier alpha value is -1.60. The van der Waals surface area contributed by atoms with Crippen molar-refractivity contribution in [3.8, 4) is 0 Å². The van der Waals surface area contributed by atoms with Crippen LogP contribution in [0.25, 0.3) is 0 Å². The summed E-state index contributed by atoms with van der Waals surface area (Å²) in [4.78, 5) is 12.3. The van der Waals surface area contributed by atoms with Crippen molar-refractivity contribution in [1.82, 2.24) is 5.01 Å². The monoisotopic (exact) mass is 334 g/mol. The number of alkyl halides is 3. The molecule has 8 heteroatoms. The molecule has 0 saturated heterocycles. The lowest BCUT2D eigenvalue weighted by atomic mass is 10.0. The third-order valence-corrected chi connectivity index (χ3v) is 3.53. The fraction of sp³-hybridized carbons (Fsp3) is 0.429. The van der Waals surface area contributed by atoms with Crippen molar-refractivity contribution in [2.45, 2.75) is 38.1 Å². The quantitative estimate of drug-likeness (QED) is 0.918. The van der Waals surface area contributed by atoms with Crippen molar-refractivity contribution < 1.29 is 23.1 Å². The van der Waals surface area contributed by atoms with E-state index in [9.17, 15) is 23.1 Å². The highest BCUT2D eigenvalue weighted by atomic mass is 35.5. The molecule has 2 rings (SSSR count). The van der Waals surface area contributed by atoms with Crippen molar-refractivity contribution in [3.05, 3.63) is 34.9 Å². The molecule has 0 aliphatic carbocycles. The Morgan fingerprint density at radius 1 is 1.50 bits per heavy atom. The molecule has 1 heterocycles. The molecule has 1 aliphatic heterocycles. The SMILES string of the molecule is CCCC1=NN(C(=O)c2cccc(Cl)c2)[C@](O)(C(F)(F)F)C1. The summed E-state index contributed by atoms with van der Waals surface area (Å²) in [5, 5.41) is 14.0. The van der Waals surface area contributed by atoms with Crippen LogP contribution in [0.1, 0.15) is 36.5 Å². The molecule has 0 saturated carbocycles. The van der Waals surface area contributed by atoms with E-state index in [4.69, 9.17) is 11.6 Å². The number of halogens is 4. The number of amides is 1. The highest BCUT2D eigenvalue weighted by Crippen LogP contribution is 2.41. The van der Waals surface area contributed by atoms with Crippen LogP contribution in [-0.4, -0.2) is 33.6 Å². The molecular weight excluding hydrogens is 321 g/mol. The largest absolute Gasteiger partial charge is 0.438 e. The van der Waals surface area contributed by atoms with Crippen molar-refractivity contribution >= 4 is 23.2 Å². The van der Waals surface area contributed by atoms with E-state index in [1.807, 2.05) is 0 Å². The van der Waals surface area contributed by atoms with Crippen molar-refractivity contribution in [2.75, 3.05) is 0 Å². The van der Waals surface area contributed by atoms with Gasteiger partial charge in [0.2, 0.25) is 0 Å². The van der Waals surface area contributed by atoms with Crippen molar-refractivity contribution in [1.29, 1.82) is 0 Å². The van der Waals surface area contributed by atoms with Crippen molar-refractivity contribution in [3.63, 3.8) is 0 Å². The molecule has 22 heavy (non-hydrogen) atoms. The third-order valence-electron chi connectivity index (χ3n) is 3.30. The van der Waals surface area contributed by atoms with Crippen LogP contribution in [0.4, 0.5) is 13.2 Å². The Morgan fingerprint density at radius 3 is 2.73 bits per heavy atom. The molecule has 0 spiro atoms. The fourth-order valence-electron chi connectivity index (χ4n) is 2.22. The zero-order chi connectivity index (χ0) is 16.5. The van der Waals surface area contributed by atoms with Crippen LogP contribution in [0, 0.1) is 0 Å². The van der Waals surface area contributed by atoms with Crippen LogP contribution < -0.4 is 0 Å². The maximum Gasteiger partial charge on any atom is 0.438 e. The highest BCUT2D eigenvalue weighted by Gasteiger charge is 2.63. The van der Waals surface area contributed by atoms with Crippen LogP contribution in [-0.2, 0) is 0 Å². The maximum atomic E-state index is 13.2. The van der Waals surface area contributed by atoms with E-state index in [-0.39, 0.29) is 27.7 Å². The Morgan fingerprint density at radius 2 is 2.18 bits per heavy atom. The number of hydrazone groups is 1. The van der Waals surface area contributed by atoms with E-state index < -0.39 is 24.2 Å². The Balaban J connectivity index is 2.41. The molecule has 120 valence electrons. The van der Waals surface area contributed by atoms with Crippen LogP contribution in [0.3, 0.4) is 0 Å². The van der Waals surface area contributed by atoms with Crippen LogP contribution >= 0.6 is 11.6 Å². The van der Waals surface area contributed by atoms with E-state index in [0.29, 0.717) is 6.42 Å². The second-order valence-corrected chi connectivity index (χ2v) is 5.47. The minimum Gasteiger partial charge on any atom is -0.362 e. The van der Waals surface area contributed by atoms with Gasteiger partial charge in [0.1, 0.15) is 0 Å². The van der Waals surface area contributed by atoms with Gasteiger partial charge >= 0.3 is 6.18 Å². The Labute approximate surface area is 130 Å². The van der Waals surface area contributed by atoms with Gasteiger partial charge in [-0.15, -0.1) is 0 Å². The van der Waals surface area contributed by atoms with Gasteiger partial charge in [-0.2, -0.15) is 23.3 Å². The summed E-state index contributed by atoms with van der Waals surface area (Å²) in [5.41, 5.74) is -3.26. The molecule has 1 atom stereocenters. The van der Waals surface area contributed by atoms with Gasteiger partial charge in [0, 0.05) is 22.7 Å². The standard InChI is InChI=1S/C14H14ClF3N2O2/c1-2-4-11-8-13(22,14(16,17)18)20(19-11)12(21)9-5-3-6-10(15)7-9/h3,5-7,22H,2,4,8H2,1H3/t13-/m1/s1. The molecule has 0 unspecified atom stereocenters. The summed E-state index contributed by atoms with van der Waals surface area (Å²) < 4.78 is 39.7. The average Bonchev–Trinajstić information content (AvgIpc) is 2.76. The first-order valence-corrected chi connectivity index (χ1v) is 7.02. The van der Waals surface area contributed by atoms with E-state index in [0.717, 1.165) is 0 Å². The zero-order valence-corrected chi connectivity index (χ0v) is 12.4. The van der Waals surface area contributed by atoms with Gasteiger partial charge in [-0.05, 0) is 24.6 Å². The predicted octanol–water partition coefficient (Wildman–Crippen LogP) is 3.59. The lowest BCUT2D eigenvalue weighted by molar-refractivity contribution is -0.297. The second kappa shape index (κ2) is 5.89. The number of hydrogen-bond acceptors (Lipinski definition) is 3. The van der Waals surface area contributed by atoms with E-state index in [1.54, 1.807) is 6.92 Å². The summed E-state index contributed by atoms with van der Waals surface area (Å²) in [5.74, 6) is -1.05. The van der Waals surface area contributed by atoms with Gasteiger partial charge in [0.15, 0.2) is 0 Å². The van der Waals surface area contributed by atoms with Gasteiger partial charge in [-0.1, -0.05) is 31.0 Å². The summed E-state index contributed by atoms with van der Waals surface area (Å²) in [6.45, 7) is 1.77. The number of benzene rings is 1. The molecule has 1 N–H and O–H groups in total. The first kappa shape index (κ1) is 16.8. The summed E-state index contributed by atoms with van der Waals surface area (Å²) in [7, 11) is 0. The minimum atomic E-state index is -5.01. The zero-order valence-electron chi connectivity index (χ0n) is 11.7. The molecule has 1 aromatic rings. The lowest BCUT2D eigenvalue weighted by Gasteiger charge is -2.32. The molecule has 4 nitrogen and oxygen atoms in total. The molecule has 0 bridgehead atoms. The number of rotatable bonds is 3. The van der Waals surface area contributed by atoms with Gasteiger partial charge < -0.3 is 5.11 Å². The summed E-state index contributed by atoms with van der Waals surface area (Å²) in [6.07, 6.45) is -4.92. The normalized spacial score (nSPS) is 21.9. The predicted molar refractivity (Wildman–Crippen MR) is 75.6 cm³/mol. The number of hydrogen-bond donors (Lipinski definition) is 1. The fourth-order valence-corrected chi connectivity index (χ4v) is 2.41. The lowest BCUT2D eigenvalue weighted by Crippen LogP contribution is -2.56. The highest BCUT2D eigenvalue weighted by molar-refractivity contribution is 6.31. The van der Waals surface area contributed by atoms with Gasteiger partial charge in [-0.25, -0.2) is 0 Å². The molecular formula is C14H14ClF3N2O2. The molecule has 1 aromatic carbocycles. The number of carbonyl (C=O) groups excluding carboxylic acids is 1. The topological polar surface area (TPSA) is 52.9 Å². The van der Waals surface area contributed by atoms with Crippen molar-refractivity contribution in [2.24, 2.45) is 5.10 Å². The molecule has 1 aliphatic rings. The molecule has 0 fully saturated rings. The second-order valence-electron chi connectivity index (χ2n) is 5.03. The smallest absolute Gasteiger partial charge is 0.362 e. The van der Waals surface area contributed by atoms with Gasteiger partial charge in [0.25, 0.3) is 11.6 Å². The molecule has 0 radical (unpaired) electrons. The van der Waals surface area contributed by atoms with E-state index in [2.05, 4.69) is 5.10 Å². The molecule has 1 amide bonds. The maximum absolute atomic E-state index is 13.2. The van der Waals surface area contributed by atoms with Gasteiger partial charge in [-0.3, -0.25) is 4.79 Å². The minimum absolute atomic E-state index is 0.0725. The van der Waals surface area contributed by atoms with Crippen LogP contribution in [0.15, 0.2) is 29.4 Å². The first-order chi connectivity index (χ1) is 10.2. The van der Waals surface area contributed by atoms with Gasteiger partial charge in [0.05, 0.1) is 0 Å². The van der Waals surface area contributed by atoms with Crippen LogP contribution in [0.5, 0.6) is 0 Å². The number of aliphatic hydroxyl groups is 1. The third kappa shape index (κ3) is 2.96. The number of nitrogens with zero attached hydrogens (tertiary/aromatic N) is 2. The number of carbonyl (C=O) groups is 1. The van der Waals surface area contributed by atoms with E-state index in [1.165, 1.54) is 24.3 Å². The summed E-state index contributed by atoms with van der Waals surface area (Å²) in [6, 6.07) is 5.48. The molecule has 0 aromatic heterocycles. The van der Waals surface area contributed by atoms with Crippen LogP contribution in [0.2, 0.25) is 5.02 Å². The summed E-state index contributed by atoms with van der Waals surface area (Å²) >= 11 is 5.74. The van der Waals surface area contributed by atoms with E-state index >= 15 is 0 Å².